The Hall–Kier alpha value is -1.36. The average Bonchev–Trinajstić information content (AvgIpc) is 2.32. The number of aliphatic hydroxyl groups is 1. The molecule has 0 aromatic carbocycles. The van der Waals surface area contributed by atoms with Crippen molar-refractivity contribution in [3.05, 3.63) is 11.4 Å². The largest absolute Gasteiger partial charge is 0.388 e. The van der Waals surface area contributed by atoms with E-state index in [2.05, 4.69) is 34.4 Å². The first kappa shape index (κ1) is 17.7. The third-order valence-electron chi connectivity index (χ3n) is 3.98. The van der Waals surface area contributed by atoms with Crippen LogP contribution in [0.1, 0.15) is 65.8 Å². The molecule has 1 aromatic heterocycles. The van der Waals surface area contributed by atoms with Gasteiger partial charge in [0.25, 0.3) is 0 Å². The summed E-state index contributed by atoms with van der Waals surface area (Å²) in [6.07, 6.45) is 0. The Balaban J connectivity index is 3.28. The second kappa shape index (κ2) is 6.18. The maximum Gasteiger partial charge on any atom is 0.135 e. The van der Waals surface area contributed by atoms with Gasteiger partial charge in [0.1, 0.15) is 17.5 Å². The molecule has 0 aliphatic carbocycles. The molecular formula is C16H30N4O. The van der Waals surface area contributed by atoms with Crippen molar-refractivity contribution in [2.75, 3.05) is 17.2 Å². The van der Waals surface area contributed by atoms with Crippen molar-refractivity contribution in [1.82, 2.24) is 9.97 Å². The molecule has 0 atom stereocenters. The summed E-state index contributed by atoms with van der Waals surface area (Å²) in [5.41, 5.74) is -0.413. The standard InChI is InChI=1S/C16H30N4O/c1-9-17-13-11(4)14(19-12(18-13)10(2)3)20-15(5,6)16(7,8)21/h10,21H,9H2,1-8H3,(H2,17,18,19,20). The molecule has 5 nitrogen and oxygen atoms in total. The van der Waals surface area contributed by atoms with Gasteiger partial charge in [0.15, 0.2) is 0 Å². The van der Waals surface area contributed by atoms with Crippen LogP contribution < -0.4 is 10.6 Å². The van der Waals surface area contributed by atoms with Crippen LogP contribution in [0, 0.1) is 6.92 Å². The first-order valence-corrected chi connectivity index (χ1v) is 7.62. The molecule has 0 unspecified atom stereocenters. The number of nitrogens with zero attached hydrogens (tertiary/aromatic N) is 2. The summed E-state index contributed by atoms with van der Waals surface area (Å²) in [6, 6.07) is 0. The Labute approximate surface area is 128 Å². The first-order valence-electron chi connectivity index (χ1n) is 7.62. The van der Waals surface area contributed by atoms with Crippen molar-refractivity contribution in [2.45, 2.75) is 72.4 Å². The molecule has 0 aliphatic rings. The van der Waals surface area contributed by atoms with Gasteiger partial charge in [-0.05, 0) is 41.5 Å². The maximum atomic E-state index is 10.3. The molecule has 1 rings (SSSR count). The number of nitrogens with one attached hydrogen (secondary N) is 2. The minimum Gasteiger partial charge on any atom is -0.388 e. The second-order valence-electron chi connectivity index (χ2n) is 6.90. The molecule has 0 saturated carbocycles. The van der Waals surface area contributed by atoms with Gasteiger partial charge in [-0.3, -0.25) is 0 Å². The molecule has 0 radical (unpaired) electrons. The highest BCUT2D eigenvalue weighted by molar-refractivity contribution is 5.58. The van der Waals surface area contributed by atoms with Gasteiger partial charge in [-0.2, -0.15) is 0 Å². The van der Waals surface area contributed by atoms with Gasteiger partial charge in [-0.15, -0.1) is 0 Å². The second-order valence-corrected chi connectivity index (χ2v) is 6.90. The van der Waals surface area contributed by atoms with Gasteiger partial charge >= 0.3 is 0 Å². The van der Waals surface area contributed by atoms with E-state index in [1.54, 1.807) is 13.8 Å². The number of rotatable bonds is 6. The van der Waals surface area contributed by atoms with Crippen molar-refractivity contribution in [3.8, 4) is 0 Å². The minimum atomic E-state index is -0.874. The van der Waals surface area contributed by atoms with Crippen molar-refractivity contribution < 1.29 is 5.11 Å². The number of anilines is 2. The van der Waals surface area contributed by atoms with E-state index < -0.39 is 11.1 Å². The molecule has 0 amide bonds. The highest BCUT2D eigenvalue weighted by atomic mass is 16.3. The van der Waals surface area contributed by atoms with Gasteiger partial charge in [0, 0.05) is 18.0 Å². The van der Waals surface area contributed by atoms with Crippen LogP contribution in [-0.4, -0.2) is 32.8 Å². The molecule has 1 heterocycles. The molecular weight excluding hydrogens is 264 g/mol. The van der Waals surface area contributed by atoms with E-state index in [-0.39, 0.29) is 5.92 Å². The molecule has 0 bridgehead atoms. The third-order valence-corrected chi connectivity index (χ3v) is 3.98. The van der Waals surface area contributed by atoms with E-state index >= 15 is 0 Å². The van der Waals surface area contributed by atoms with E-state index in [0.29, 0.717) is 0 Å². The molecule has 120 valence electrons. The summed E-state index contributed by atoms with van der Waals surface area (Å²) < 4.78 is 0. The zero-order valence-corrected chi connectivity index (χ0v) is 14.6. The van der Waals surface area contributed by atoms with Crippen LogP contribution in [0.2, 0.25) is 0 Å². The van der Waals surface area contributed by atoms with Crippen molar-refractivity contribution in [3.63, 3.8) is 0 Å². The molecule has 5 heteroatoms. The topological polar surface area (TPSA) is 70.1 Å². The van der Waals surface area contributed by atoms with Gasteiger partial charge in [-0.1, -0.05) is 13.8 Å². The van der Waals surface area contributed by atoms with Crippen LogP contribution in [0.15, 0.2) is 0 Å². The van der Waals surface area contributed by atoms with Gasteiger partial charge < -0.3 is 15.7 Å². The van der Waals surface area contributed by atoms with E-state index in [9.17, 15) is 5.11 Å². The Morgan fingerprint density at radius 3 is 2.05 bits per heavy atom. The van der Waals surface area contributed by atoms with Crippen LogP contribution in [0.25, 0.3) is 0 Å². The van der Waals surface area contributed by atoms with Crippen LogP contribution in [0.4, 0.5) is 11.6 Å². The molecule has 0 saturated heterocycles. The molecule has 1 aromatic rings. The normalized spacial score (nSPS) is 12.7. The van der Waals surface area contributed by atoms with Crippen molar-refractivity contribution >= 4 is 11.6 Å². The summed E-state index contributed by atoms with van der Waals surface area (Å²) in [4.78, 5) is 9.23. The predicted molar refractivity (Wildman–Crippen MR) is 89.0 cm³/mol. The first-order chi connectivity index (χ1) is 9.49. The van der Waals surface area contributed by atoms with Crippen molar-refractivity contribution in [1.29, 1.82) is 0 Å². The lowest BCUT2D eigenvalue weighted by atomic mass is 9.86. The lowest BCUT2D eigenvalue weighted by Crippen LogP contribution is -2.51. The summed E-state index contributed by atoms with van der Waals surface area (Å²) in [5.74, 6) is 2.67. The fraction of sp³-hybridized carbons (Fsp3) is 0.750. The fourth-order valence-electron chi connectivity index (χ4n) is 1.70. The van der Waals surface area contributed by atoms with E-state index in [1.807, 2.05) is 27.7 Å². The summed E-state index contributed by atoms with van der Waals surface area (Å²) in [7, 11) is 0. The quantitative estimate of drug-likeness (QED) is 0.751. The fourth-order valence-corrected chi connectivity index (χ4v) is 1.70. The molecule has 3 N–H and O–H groups in total. The lowest BCUT2D eigenvalue weighted by Gasteiger charge is -2.39. The number of aromatic nitrogens is 2. The Bertz CT molecular complexity index is 490. The Morgan fingerprint density at radius 2 is 1.62 bits per heavy atom. The van der Waals surface area contributed by atoms with Crippen LogP contribution >= 0.6 is 0 Å². The van der Waals surface area contributed by atoms with E-state index in [4.69, 9.17) is 0 Å². The zero-order chi connectivity index (χ0) is 16.4. The molecule has 21 heavy (non-hydrogen) atoms. The van der Waals surface area contributed by atoms with E-state index in [0.717, 1.165) is 29.6 Å². The molecule has 0 fully saturated rings. The minimum absolute atomic E-state index is 0.244. The molecule has 0 spiro atoms. The Morgan fingerprint density at radius 1 is 1.10 bits per heavy atom. The van der Waals surface area contributed by atoms with E-state index in [1.165, 1.54) is 0 Å². The smallest absolute Gasteiger partial charge is 0.135 e. The zero-order valence-electron chi connectivity index (χ0n) is 14.6. The van der Waals surface area contributed by atoms with Gasteiger partial charge in [0.05, 0.1) is 11.1 Å². The average molecular weight is 294 g/mol. The van der Waals surface area contributed by atoms with Crippen molar-refractivity contribution in [2.24, 2.45) is 0 Å². The van der Waals surface area contributed by atoms with Gasteiger partial charge in [0.2, 0.25) is 0 Å². The Kier molecular flexibility index (Phi) is 5.20. The predicted octanol–water partition coefficient (Wildman–Crippen LogP) is 3.30. The number of hydrogen-bond donors (Lipinski definition) is 3. The highest BCUT2D eigenvalue weighted by Crippen LogP contribution is 2.29. The monoisotopic (exact) mass is 294 g/mol. The van der Waals surface area contributed by atoms with Gasteiger partial charge in [-0.25, -0.2) is 9.97 Å². The maximum absolute atomic E-state index is 10.3. The third kappa shape index (κ3) is 4.06. The SMILES string of the molecule is CCNc1nc(C(C)C)nc(NC(C)(C)C(C)(C)O)c1C. The lowest BCUT2D eigenvalue weighted by molar-refractivity contribution is 0.0238. The summed E-state index contributed by atoms with van der Waals surface area (Å²) in [6.45, 7) is 16.5. The highest BCUT2D eigenvalue weighted by Gasteiger charge is 2.35. The summed E-state index contributed by atoms with van der Waals surface area (Å²) in [5, 5.41) is 17.0. The summed E-state index contributed by atoms with van der Waals surface area (Å²) >= 11 is 0. The van der Waals surface area contributed by atoms with Crippen LogP contribution in [0.3, 0.4) is 0 Å². The van der Waals surface area contributed by atoms with Crippen LogP contribution in [0.5, 0.6) is 0 Å². The molecule has 0 aliphatic heterocycles. The number of hydrogen-bond acceptors (Lipinski definition) is 5. The van der Waals surface area contributed by atoms with Crippen LogP contribution in [-0.2, 0) is 0 Å².